The van der Waals surface area contributed by atoms with Crippen molar-refractivity contribution < 1.29 is 22.3 Å². The Morgan fingerprint density at radius 3 is 2.93 bits per heavy atom. The van der Waals surface area contributed by atoms with E-state index >= 15 is 0 Å². The normalized spacial score (nSPS) is 18.3. The first kappa shape index (κ1) is 18.3. The summed E-state index contributed by atoms with van der Waals surface area (Å²) in [6.07, 6.45) is -3.31. The lowest BCUT2D eigenvalue weighted by Gasteiger charge is -2.30. The maximum absolute atomic E-state index is 12.9. The molecule has 0 saturated carbocycles. The third-order valence-electron chi connectivity index (χ3n) is 4.08. The Bertz CT molecular complexity index is 961. The summed E-state index contributed by atoms with van der Waals surface area (Å²) in [5.41, 5.74) is 0.558. The van der Waals surface area contributed by atoms with Crippen molar-refractivity contribution in [1.29, 1.82) is 0 Å². The van der Waals surface area contributed by atoms with Gasteiger partial charge in [-0.15, -0.1) is 24.5 Å². The minimum atomic E-state index is -4.90. The molecule has 144 valence electrons. The molecule has 27 heavy (non-hydrogen) atoms. The molecule has 0 radical (unpaired) electrons. The lowest BCUT2D eigenvalue weighted by molar-refractivity contribution is -0.274. The highest BCUT2D eigenvalue weighted by Crippen LogP contribution is 2.44. The second-order valence-electron chi connectivity index (χ2n) is 6.10. The summed E-state index contributed by atoms with van der Waals surface area (Å²) in [5.74, 6) is -0.572. The van der Waals surface area contributed by atoms with Gasteiger partial charge in [-0.1, -0.05) is 11.6 Å². The molecular formula is C16H14ClF3N4O2S. The molecule has 1 atom stereocenters. The number of thiazole rings is 1. The van der Waals surface area contributed by atoms with E-state index in [1.165, 1.54) is 17.4 Å². The molecule has 1 N–H and O–H groups in total. The molecule has 2 aromatic heterocycles. The van der Waals surface area contributed by atoms with Crippen LogP contribution in [0.1, 0.15) is 6.92 Å². The van der Waals surface area contributed by atoms with Gasteiger partial charge < -0.3 is 19.4 Å². The van der Waals surface area contributed by atoms with Gasteiger partial charge in [-0.3, -0.25) is 0 Å². The third-order valence-corrected chi connectivity index (χ3v) is 5.17. The van der Waals surface area contributed by atoms with E-state index in [-0.39, 0.29) is 28.2 Å². The highest BCUT2D eigenvalue weighted by Gasteiger charge is 2.35. The Hall–Kier alpha value is -2.04. The number of nitrogens with one attached hydrogen (secondary N) is 1. The smallest absolute Gasteiger partial charge is 0.422 e. The summed E-state index contributed by atoms with van der Waals surface area (Å²) in [6, 6.07) is 1.78. The van der Waals surface area contributed by atoms with Crippen molar-refractivity contribution in [2.45, 2.75) is 19.3 Å². The number of fused-ring (bicyclic) bond motifs is 1. The molecule has 11 heteroatoms. The van der Waals surface area contributed by atoms with E-state index in [0.29, 0.717) is 30.2 Å². The Balaban J connectivity index is 1.88. The third kappa shape index (κ3) is 3.69. The molecule has 1 fully saturated rings. The van der Waals surface area contributed by atoms with Gasteiger partial charge in [-0.2, -0.15) is 4.98 Å². The van der Waals surface area contributed by atoms with Crippen molar-refractivity contribution in [1.82, 2.24) is 15.3 Å². The number of nitrogens with zero attached hydrogens (tertiary/aromatic N) is 3. The predicted molar refractivity (Wildman–Crippen MR) is 96.5 cm³/mol. The number of rotatable bonds is 3. The molecule has 0 bridgehead atoms. The van der Waals surface area contributed by atoms with Crippen molar-refractivity contribution in [3.8, 4) is 16.3 Å². The first-order chi connectivity index (χ1) is 12.8. The van der Waals surface area contributed by atoms with Crippen LogP contribution in [0.25, 0.3) is 21.7 Å². The topological polar surface area (TPSA) is 63.4 Å². The van der Waals surface area contributed by atoms with Crippen LogP contribution in [-0.4, -0.2) is 42.0 Å². The highest BCUT2D eigenvalue weighted by atomic mass is 35.5. The van der Waals surface area contributed by atoms with Crippen molar-refractivity contribution >= 4 is 40.1 Å². The zero-order chi connectivity index (χ0) is 19.2. The number of anilines is 1. The quantitative estimate of drug-likeness (QED) is 0.684. The van der Waals surface area contributed by atoms with E-state index < -0.39 is 12.1 Å². The van der Waals surface area contributed by atoms with Crippen LogP contribution in [0.2, 0.25) is 5.02 Å². The average molecular weight is 419 g/mol. The summed E-state index contributed by atoms with van der Waals surface area (Å²) >= 11 is 7.42. The van der Waals surface area contributed by atoms with Crippen molar-refractivity contribution in [3.63, 3.8) is 0 Å². The predicted octanol–water partition coefficient (Wildman–Crippen LogP) is 4.30. The molecule has 0 amide bonds. The Morgan fingerprint density at radius 1 is 1.44 bits per heavy atom. The molecule has 1 saturated heterocycles. The largest absolute Gasteiger partial charge is 0.573 e. The number of hydrogen-bond acceptors (Lipinski definition) is 7. The van der Waals surface area contributed by atoms with Crippen molar-refractivity contribution in [3.05, 3.63) is 22.7 Å². The molecule has 1 aliphatic heterocycles. The monoisotopic (exact) mass is 418 g/mol. The fourth-order valence-electron chi connectivity index (χ4n) is 2.99. The second kappa shape index (κ2) is 6.84. The molecule has 0 spiro atoms. The van der Waals surface area contributed by atoms with Gasteiger partial charge >= 0.3 is 6.36 Å². The Morgan fingerprint density at radius 2 is 2.26 bits per heavy atom. The number of piperazine rings is 1. The van der Waals surface area contributed by atoms with Gasteiger partial charge in [-0.25, -0.2) is 4.98 Å². The van der Waals surface area contributed by atoms with Crippen LogP contribution in [0.15, 0.2) is 22.1 Å². The van der Waals surface area contributed by atoms with Crippen LogP contribution in [0.3, 0.4) is 0 Å². The molecule has 6 nitrogen and oxygen atoms in total. The summed E-state index contributed by atoms with van der Waals surface area (Å²) in [5, 5.41) is 5.40. The standard InChI is InChI=1S/C16H14ClF3N4O2S/c1-8-7-24(4-2-21-8)15-23-11-12(25-15)9(14-22-3-5-27-14)6-10(17)13(11)26-16(18,19)20/h3,5-6,8,21H,2,4,7H2,1H3. The maximum atomic E-state index is 12.9. The highest BCUT2D eigenvalue weighted by molar-refractivity contribution is 7.13. The average Bonchev–Trinajstić information content (AvgIpc) is 3.26. The molecule has 0 aliphatic carbocycles. The molecule has 3 heterocycles. The first-order valence-corrected chi connectivity index (χ1v) is 9.34. The van der Waals surface area contributed by atoms with Crippen LogP contribution >= 0.6 is 22.9 Å². The molecule has 1 aliphatic rings. The Labute approximate surface area is 160 Å². The van der Waals surface area contributed by atoms with Gasteiger partial charge in [0, 0.05) is 37.3 Å². The zero-order valence-electron chi connectivity index (χ0n) is 14.0. The summed E-state index contributed by atoms with van der Waals surface area (Å²) < 4.78 is 48.6. The van der Waals surface area contributed by atoms with E-state index in [9.17, 15) is 13.2 Å². The van der Waals surface area contributed by atoms with Crippen LogP contribution in [0.4, 0.5) is 19.2 Å². The number of halogens is 4. The molecule has 4 rings (SSSR count). The first-order valence-electron chi connectivity index (χ1n) is 8.09. The van der Waals surface area contributed by atoms with Crippen LogP contribution in [0.5, 0.6) is 5.75 Å². The van der Waals surface area contributed by atoms with E-state index in [1.807, 2.05) is 11.8 Å². The van der Waals surface area contributed by atoms with Gasteiger partial charge in [0.1, 0.15) is 5.01 Å². The number of alkyl halides is 3. The Kier molecular flexibility index (Phi) is 4.65. The van der Waals surface area contributed by atoms with Crippen molar-refractivity contribution in [2.75, 3.05) is 24.5 Å². The summed E-state index contributed by atoms with van der Waals surface area (Å²) in [7, 11) is 0. The van der Waals surface area contributed by atoms with Gasteiger partial charge in [0.05, 0.1) is 10.6 Å². The number of benzene rings is 1. The SMILES string of the molecule is CC1CN(c2nc3c(OC(F)(F)F)c(Cl)cc(-c4nccs4)c3o2)CCN1. The minimum absolute atomic E-state index is 0.0776. The van der Waals surface area contributed by atoms with Crippen molar-refractivity contribution in [2.24, 2.45) is 0 Å². The van der Waals surface area contributed by atoms with Crippen LogP contribution in [0, 0.1) is 0 Å². The lowest BCUT2D eigenvalue weighted by Crippen LogP contribution is -2.49. The minimum Gasteiger partial charge on any atom is -0.422 e. The molecule has 1 unspecified atom stereocenters. The summed E-state index contributed by atoms with van der Waals surface area (Å²) in [4.78, 5) is 10.4. The zero-order valence-corrected chi connectivity index (χ0v) is 15.6. The molecular weight excluding hydrogens is 405 g/mol. The number of oxazole rings is 1. The van der Waals surface area contributed by atoms with Gasteiger partial charge in [0.15, 0.2) is 16.8 Å². The van der Waals surface area contributed by atoms with E-state index in [1.54, 1.807) is 11.6 Å². The van der Waals surface area contributed by atoms with Gasteiger partial charge in [0.25, 0.3) is 6.01 Å². The fraction of sp³-hybridized carbons (Fsp3) is 0.375. The van der Waals surface area contributed by atoms with E-state index in [0.717, 1.165) is 0 Å². The molecule has 3 aromatic rings. The fourth-order valence-corrected chi connectivity index (χ4v) is 3.87. The van der Waals surface area contributed by atoms with E-state index in [2.05, 4.69) is 20.0 Å². The van der Waals surface area contributed by atoms with Crippen LogP contribution < -0.4 is 15.0 Å². The van der Waals surface area contributed by atoms with Gasteiger partial charge in [0.2, 0.25) is 0 Å². The van der Waals surface area contributed by atoms with E-state index in [4.69, 9.17) is 16.0 Å². The second-order valence-corrected chi connectivity index (χ2v) is 7.40. The maximum Gasteiger partial charge on any atom is 0.573 e. The summed E-state index contributed by atoms with van der Waals surface area (Å²) in [6.45, 7) is 3.95. The molecule has 1 aromatic carbocycles. The van der Waals surface area contributed by atoms with Crippen LogP contribution in [-0.2, 0) is 0 Å². The lowest BCUT2D eigenvalue weighted by atomic mass is 10.2. The van der Waals surface area contributed by atoms with Gasteiger partial charge in [-0.05, 0) is 13.0 Å². The number of aromatic nitrogens is 2. The number of ether oxygens (including phenoxy) is 1. The number of hydrogen-bond donors (Lipinski definition) is 1.